The summed E-state index contributed by atoms with van der Waals surface area (Å²) in [4.78, 5) is 11.8. The Balaban J connectivity index is 1.81. The second kappa shape index (κ2) is 8.13. The van der Waals surface area contributed by atoms with Gasteiger partial charge in [0.05, 0.1) is 0 Å². The fourth-order valence-corrected chi connectivity index (χ4v) is 2.12. The number of ether oxygens (including phenoxy) is 1. The average Bonchev–Trinajstić information content (AvgIpc) is 2.57. The third-order valence-electron chi connectivity index (χ3n) is 3.73. The average molecular weight is 310 g/mol. The molecule has 23 heavy (non-hydrogen) atoms. The van der Waals surface area contributed by atoms with Crippen molar-refractivity contribution in [2.24, 2.45) is 5.10 Å². The Morgan fingerprint density at radius 3 is 2.65 bits per heavy atom. The summed E-state index contributed by atoms with van der Waals surface area (Å²) in [5, 5.41) is 4.00. The van der Waals surface area contributed by atoms with Gasteiger partial charge in [0, 0.05) is 12.1 Å². The molecule has 0 fully saturated rings. The van der Waals surface area contributed by atoms with Gasteiger partial charge < -0.3 is 4.74 Å². The lowest BCUT2D eigenvalue weighted by atomic mass is 10.0. The first-order valence-corrected chi connectivity index (χ1v) is 7.64. The summed E-state index contributed by atoms with van der Waals surface area (Å²) in [5.41, 5.74) is 5.82. The molecule has 0 bridgehead atoms. The quantitative estimate of drug-likeness (QED) is 0.655. The molecule has 0 aliphatic heterocycles. The number of hydrogen-bond acceptors (Lipinski definition) is 3. The van der Waals surface area contributed by atoms with Crippen LogP contribution in [0.1, 0.15) is 29.5 Å². The molecule has 0 spiro atoms. The number of rotatable bonds is 6. The van der Waals surface area contributed by atoms with Crippen molar-refractivity contribution in [1.29, 1.82) is 0 Å². The van der Waals surface area contributed by atoms with E-state index >= 15 is 0 Å². The molecule has 0 heterocycles. The molecular weight excluding hydrogens is 288 g/mol. The molecule has 120 valence electrons. The summed E-state index contributed by atoms with van der Waals surface area (Å²) in [7, 11) is 0. The van der Waals surface area contributed by atoms with Gasteiger partial charge in [-0.3, -0.25) is 4.79 Å². The van der Waals surface area contributed by atoms with Crippen LogP contribution in [0.3, 0.4) is 0 Å². The topological polar surface area (TPSA) is 50.7 Å². The van der Waals surface area contributed by atoms with E-state index < -0.39 is 0 Å². The van der Waals surface area contributed by atoms with Crippen LogP contribution in [-0.2, 0) is 4.79 Å². The minimum atomic E-state index is -0.276. The Labute approximate surface area is 137 Å². The molecule has 0 aromatic heterocycles. The van der Waals surface area contributed by atoms with Crippen LogP contribution >= 0.6 is 0 Å². The molecule has 2 aromatic rings. The van der Waals surface area contributed by atoms with Gasteiger partial charge in [0.2, 0.25) is 0 Å². The molecule has 0 saturated heterocycles. The number of aryl methyl sites for hydroxylation is 1. The molecule has 0 aliphatic carbocycles. The fraction of sp³-hybridized carbons (Fsp3) is 0.263. The Kier molecular flexibility index (Phi) is 5.92. The second-order valence-electron chi connectivity index (χ2n) is 5.50. The maximum Gasteiger partial charge on any atom is 0.277 e. The minimum absolute atomic E-state index is 0.0542. The highest BCUT2D eigenvalue weighted by Crippen LogP contribution is 2.20. The van der Waals surface area contributed by atoms with E-state index in [0.717, 1.165) is 22.4 Å². The first kappa shape index (κ1) is 16.7. The monoisotopic (exact) mass is 310 g/mol. The van der Waals surface area contributed by atoms with Gasteiger partial charge >= 0.3 is 0 Å². The number of benzene rings is 2. The molecule has 4 heteroatoms. The number of hydrazone groups is 1. The van der Waals surface area contributed by atoms with Gasteiger partial charge in [-0.15, -0.1) is 0 Å². The van der Waals surface area contributed by atoms with Crippen molar-refractivity contribution in [3.05, 3.63) is 65.2 Å². The summed E-state index contributed by atoms with van der Waals surface area (Å²) in [6, 6.07) is 15.8. The summed E-state index contributed by atoms with van der Waals surface area (Å²) in [5.74, 6) is 0.584. The maximum atomic E-state index is 11.8. The zero-order valence-electron chi connectivity index (χ0n) is 13.7. The Morgan fingerprint density at radius 2 is 1.91 bits per heavy atom. The Hall–Kier alpha value is -2.62. The highest BCUT2D eigenvalue weighted by atomic mass is 16.5. The number of amides is 1. The molecule has 0 aliphatic rings. The van der Waals surface area contributed by atoms with Gasteiger partial charge in [-0.25, -0.2) is 5.43 Å². The van der Waals surface area contributed by atoms with Crippen LogP contribution in [0.4, 0.5) is 0 Å². The van der Waals surface area contributed by atoms with Crippen LogP contribution in [0.15, 0.2) is 53.6 Å². The van der Waals surface area contributed by atoms with Gasteiger partial charge in [0.1, 0.15) is 5.75 Å². The molecular formula is C19H22N2O2. The van der Waals surface area contributed by atoms with Crippen molar-refractivity contribution in [3.63, 3.8) is 0 Å². The van der Waals surface area contributed by atoms with E-state index in [9.17, 15) is 4.79 Å². The van der Waals surface area contributed by atoms with Crippen LogP contribution in [0.25, 0.3) is 0 Å². The first-order chi connectivity index (χ1) is 11.1. The van der Waals surface area contributed by atoms with Crippen LogP contribution in [0.5, 0.6) is 5.75 Å². The maximum absolute atomic E-state index is 11.8. The van der Waals surface area contributed by atoms with Gasteiger partial charge in [0.15, 0.2) is 6.61 Å². The van der Waals surface area contributed by atoms with E-state index in [0.29, 0.717) is 0 Å². The largest absolute Gasteiger partial charge is 0.483 e. The van der Waals surface area contributed by atoms with E-state index in [1.54, 1.807) is 6.21 Å². The van der Waals surface area contributed by atoms with E-state index in [4.69, 9.17) is 4.74 Å². The van der Waals surface area contributed by atoms with E-state index in [1.165, 1.54) is 0 Å². The lowest BCUT2D eigenvalue weighted by molar-refractivity contribution is -0.123. The molecule has 0 radical (unpaired) electrons. The SMILES string of the molecule is Cc1cccc(OCC(=O)N/N=C/[C@@H](C)c2ccccc2)c1C. The predicted molar refractivity (Wildman–Crippen MR) is 92.9 cm³/mol. The lowest BCUT2D eigenvalue weighted by Gasteiger charge is -2.10. The molecule has 0 unspecified atom stereocenters. The number of carbonyl (C=O) groups excluding carboxylic acids is 1. The predicted octanol–water partition coefficient (Wildman–Crippen LogP) is 3.59. The smallest absolute Gasteiger partial charge is 0.277 e. The summed E-state index contributed by atoms with van der Waals surface area (Å²) < 4.78 is 5.54. The first-order valence-electron chi connectivity index (χ1n) is 7.64. The van der Waals surface area contributed by atoms with Crippen molar-refractivity contribution < 1.29 is 9.53 Å². The van der Waals surface area contributed by atoms with Gasteiger partial charge in [-0.05, 0) is 36.6 Å². The molecule has 0 saturated carbocycles. The second-order valence-corrected chi connectivity index (χ2v) is 5.50. The normalized spacial score (nSPS) is 12.1. The van der Waals surface area contributed by atoms with Crippen LogP contribution in [0.2, 0.25) is 0 Å². The van der Waals surface area contributed by atoms with E-state index in [1.807, 2.05) is 69.3 Å². The summed E-state index contributed by atoms with van der Waals surface area (Å²) in [6.45, 7) is 5.96. The van der Waals surface area contributed by atoms with Crippen LogP contribution < -0.4 is 10.2 Å². The number of hydrogen-bond donors (Lipinski definition) is 1. The number of carbonyl (C=O) groups is 1. The Morgan fingerprint density at radius 1 is 1.17 bits per heavy atom. The molecule has 1 amide bonds. The van der Waals surface area contributed by atoms with Gasteiger partial charge in [-0.2, -0.15) is 5.10 Å². The highest BCUT2D eigenvalue weighted by molar-refractivity contribution is 5.79. The summed E-state index contributed by atoms with van der Waals surface area (Å²) in [6.07, 6.45) is 1.71. The van der Waals surface area contributed by atoms with Gasteiger partial charge in [-0.1, -0.05) is 49.4 Å². The molecule has 2 aromatic carbocycles. The lowest BCUT2D eigenvalue weighted by Crippen LogP contribution is -2.25. The molecule has 1 N–H and O–H groups in total. The zero-order chi connectivity index (χ0) is 16.7. The van der Waals surface area contributed by atoms with E-state index in [2.05, 4.69) is 10.5 Å². The third-order valence-corrected chi connectivity index (χ3v) is 3.73. The van der Waals surface area contributed by atoms with Crippen molar-refractivity contribution in [1.82, 2.24) is 5.43 Å². The molecule has 1 atom stereocenters. The van der Waals surface area contributed by atoms with Crippen molar-refractivity contribution in [2.75, 3.05) is 6.61 Å². The number of nitrogens with one attached hydrogen (secondary N) is 1. The summed E-state index contributed by atoms with van der Waals surface area (Å²) >= 11 is 0. The highest BCUT2D eigenvalue weighted by Gasteiger charge is 2.06. The van der Waals surface area contributed by atoms with E-state index in [-0.39, 0.29) is 18.4 Å². The van der Waals surface area contributed by atoms with Gasteiger partial charge in [0.25, 0.3) is 5.91 Å². The van der Waals surface area contributed by atoms with Crippen molar-refractivity contribution >= 4 is 12.1 Å². The standard InChI is InChI=1S/C19H22N2O2/c1-14-8-7-11-18(16(14)3)23-13-19(22)21-20-12-15(2)17-9-5-4-6-10-17/h4-12,15H,13H2,1-3H3,(H,21,22)/b20-12+/t15-/m1/s1. The molecule has 4 nitrogen and oxygen atoms in total. The van der Waals surface area contributed by atoms with Crippen molar-refractivity contribution in [3.8, 4) is 5.75 Å². The van der Waals surface area contributed by atoms with Crippen molar-refractivity contribution in [2.45, 2.75) is 26.7 Å². The van der Waals surface area contributed by atoms with Crippen LogP contribution in [0, 0.1) is 13.8 Å². The van der Waals surface area contributed by atoms with Crippen LogP contribution in [-0.4, -0.2) is 18.7 Å². The molecule has 2 rings (SSSR count). The Bertz CT molecular complexity index is 681. The fourth-order valence-electron chi connectivity index (χ4n) is 2.12. The number of nitrogens with zero attached hydrogens (tertiary/aromatic N) is 1. The zero-order valence-corrected chi connectivity index (χ0v) is 13.7. The minimum Gasteiger partial charge on any atom is -0.483 e. The third kappa shape index (κ3) is 4.95.